The lowest BCUT2D eigenvalue weighted by Crippen LogP contribution is -2.29. The molecule has 5 nitrogen and oxygen atoms in total. The van der Waals surface area contributed by atoms with Crippen LogP contribution >= 0.6 is 0 Å². The van der Waals surface area contributed by atoms with Crippen LogP contribution in [0.25, 0.3) is 0 Å². The number of ether oxygens (including phenoxy) is 1. The molecule has 0 bridgehead atoms. The Balaban J connectivity index is 2.57. The number of nitrogens with two attached hydrogens (primary N) is 1. The first kappa shape index (κ1) is 11.7. The maximum atomic E-state index is 11.1. The number of nitrogen functional groups attached to an aromatic ring is 1. The number of hydrogen-bond donors (Lipinski definition) is 2. The minimum atomic E-state index is -0.374. The molecule has 15 heavy (non-hydrogen) atoms. The van der Waals surface area contributed by atoms with Gasteiger partial charge in [0.05, 0.1) is 11.2 Å². The zero-order valence-corrected chi connectivity index (χ0v) is 9.16. The zero-order valence-electron chi connectivity index (χ0n) is 9.16. The van der Waals surface area contributed by atoms with Crippen molar-refractivity contribution >= 4 is 5.91 Å². The molecular weight excluding hydrogens is 196 g/mol. The molecule has 5 heteroatoms. The summed E-state index contributed by atoms with van der Waals surface area (Å²) < 4.78 is 10.6. The van der Waals surface area contributed by atoms with Crippen molar-refractivity contribution in [3.8, 4) is 0 Å². The summed E-state index contributed by atoms with van der Waals surface area (Å²) in [7, 11) is 0. The second-order valence-corrected chi connectivity index (χ2v) is 4.18. The highest BCUT2D eigenvalue weighted by molar-refractivity contribution is 5.93. The maximum Gasteiger partial charge on any atom is 0.268 e. The molecule has 1 aromatic rings. The summed E-state index contributed by atoms with van der Waals surface area (Å²) in [4.78, 5) is 11.1. The Morgan fingerprint density at radius 3 is 2.80 bits per heavy atom. The van der Waals surface area contributed by atoms with Gasteiger partial charge in [0.1, 0.15) is 18.6 Å². The molecule has 84 valence electrons. The molecule has 0 fully saturated rings. The fraction of sp³-hybridized carbons (Fsp3) is 0.500. The van der Waals surface area contributed by atoms with Crippen LogP contribution in [0.2, 0.25) is 0 Å². The highest BCUT2D eigenvalue weighted by Crippen LogP contribution is 2.14. The van der Waals surface area contributed by atoms with Crippen LogP contribution in [-0.4, -0.2) is 11.5 Å². The molecule has 0 radical (unpaired) electrons. The summed E-state index contributed by atoms with van der Waals surface area (Å²) in [6, 6.07) is 1.61. The first-order valence-corrected chi connectivity index (χ1v) is 4.65. The van der Waals surface area contributed by atoms with E-state index in [2.05, 4.69) is 0 Å². The predicted octanol–water partition coefficient (Wildman–Crippen LogP) is 1.20. The van der Waals surface area contributed by atoms with E-state index in [-0.39, 0.29) is 11.5 Å². The molecule has 3 N–H and O–H groups in total. The third kappa shape index (κ3) is 3.73. The van der Waals surface area contributed by atoms with Crippen molar-refractivity contribution < 1.29 is 13.9 Å². The van der Waals surface area contributed by atoms with Crippen LogP contribution in [0, 0.1) is 0 Å². The summed E-state index contributed by atoms with van der Waals surface area (Å²) in [5.41, 5.74) is 2.19. The number of hydrogen-bond acceptors (Lipinski definition) is 4. The monoisotopic (exact) mass is 212 g/mol. The van der Waals surface area contributed by atoms with Gasteiger partial charge in [0.2, 0.25) is 0 Å². The van der Waals surface area contributed by atoms with Crippen LogP contribution in [-0.2, 0) is 11.3 Å². The van der Waals surface area contributed by atoms with Crippen molar-refractivity contribution in [3.05, 3.63) is 23.7 Å². The van der Waals surface area contributed by atoms with E-state index in [1.807, 2.05) is 26.2 Å². The highest BCUT2D eigenvalue weighted by Gasteiger charge is 2.13. The van der Waals surface area contributed by atoms with Crippen LogP contribution < -0.4 is 11.3 Å². The van der Waals surface area contributed by atoms with Gasteiger partial charge in [-0.3, -0.25) is 10.2 Å². The van der Waals surface area contributed by atoms with E-state index in [0.29, 0.717) is 17.9 Å². The fourth-order valence-corrected chi connectivity index (χ4v) is 0.946. The van der Waals surface area contributed by atoms with Gasteiger partial charge >= 0.3 is 0 Å². The molecule has 1 amide bonds. The van der Waals surface area contributed by atoms with Gasteiger partial charge in [-0.2, -0.15) is 0 Å². The molecule has 0 aliphatic rings. The normalized spacial score (nSPS) is 11.5. The molecule has 1 rings (SSSR count). The summed E-state index contributed by atoms with van der Waals surface area (Å²) >= 11 is 0. The van der Waals surface area contributed by atoms with Crippen LogP contribution in [0.5, 0.6) is 0 Å². The molecule has 1 heterocycles. The molecular formula is C10H16N2O3. The lowest BCUT2D eigenvalue weighted by atomic mass is 10.2. The Morgan fingerprint density at radius 1 is 1.60 bits per heavy atom. The van der Waals surface area contributed by atoms with Gasteiger partial charge in [0, 0.05) is 0 Å². The van der Waals surface area contributed by atoms with Crippen LogP contribution in [0.15, 0.2) is 16.7 Å². The molecule has 0 aromatic carbocycles. The Morgan fingerprint density at radius 2 is 2.27 bits per heavy atom. The Bertz CT molecular complexity index is 339. The molecule has 0 aliphatic heterocycles. The molecule has 0 saturated carbocycles. The smallest absolute Gasteiger partial charge is 0.268 e. The molecule has 0 spiro atoms. The molecule has 0 saturated heterocycles. The summed E-state index contributed by atoms with van der Waals surface area (Å²) in [5.74, 6) is 5.21. The van der Waals surface area contributed by atoms with Crippen molar-refractivity contribution in [1.29, 1.82) is 0 Å². The van der Waals surface area contributed by atoms with Crippen LogP contribution in [0.1, 0.15) is 36.9 Å². The zero-order chi connectivity index (χ0) is 11.5. The summed E-state index contributed by atoms with van der Waals surface area (Å²) in [5, 5.41) is 0. The Labute approximate surface area is 88.6 Å². The molecule has 0 atom stereocenters. The topological polar surface area (TPSA) is 77.5 Å². The van der Waals surface area contributed by atoms with Gasteiger partial charge in [0.25, 0.3) is 5.91 Å². The van der Waals surface area contributed by atoms with E-state index in [4.69, 9.17) is 15.0 Å². The second-order valence-electron chi connectivity index (χ2n) is 4.18. The minimum absolute atomic E-state index is 0.233. The number of nitrogens with one attached hydrogen (secondary N) is 1. The Kier molecular flexibility index (Phi) is 3.49. The molecule has 1 aromatic heterocycles. The lowest BCUT2D eigenvalue weighted by molar-refractivity contribution is -0.0224. The second kappa shape index (κ2) is 4.46. The quantitative estimate of drug-likeness (QED) is 0.448. The van der Waals surface area contributed by atoms with Crippen LogP contribution in [0.4, 0.5) is 0 Å². The molecule has 0 aliphatic carbocycles. The van der Waals surface area contributed by atoms with Crippen LogP contribution in [0.3, 0.4) is 0 Å². The van der Waals surface area contributed by atoms with Gasteiger partial charge in [-0.1, -0.05) is 0 Å². The average molecular weight is 212 g/mol. The van der Waals surface area contributed by atoms with Gasteiger partial charge in [0.15, 0.2) is 0 Å². The average Bonchev–Trinajstić information content (AvgIpc) is 2.61. The van der Waals surface area contributed by atoms with E-state index in [0.717, 1.165) is 0 Å². The number of furan rings is 1. The summed E-state index contributed by atoms with van der Waals surface area (Å²) in [6.45, 7) is 6.18. The maximum absolute atomic E-state index is 11.1. The standard InChI is InChI=1S/C10H16N2O3/c1-10(2,3)15-6-8-4-7(5-14-8)9(13)12-11/h4-5H,6,11H2,1-3H3,(H,12,13). The van der Waals surface area contributed by atoms with Crippen molar-refractivity contribution in [2.75, 3.05) is 0 Å². The number of amides is 1. The SMILES string of the molecule is CC(C)(C)OCc1cc(C(=O)NN)co1. The van der Waals surface area contributed by atoms with Crippen molar-refractivity contribution in [2.45, 2.75) is 33.0 Å². The highest BCUT2D eigenvalue weighted by atomic mass is 16.5. The van der Waals surface area contributed by atoms with Gasteiger partial charge in [-0.25, -0.2) is 5.84 Å². The van der Waals surface area contributed by atoms with Crippen molar-refractivity contribution in [1.82, 2.24) is 5.43 Å². The first-order valence-electron chi connectivity index (χ1n) is 4.65. The Hall–Kier alpha value is -1.33. The third-order valence-electron chi connectivity index (χ3n) is 1.69. The van der Waals surface area contributed by atoms with Gasteiger partial charge < -0.3 is 9.15 Å². The number of carbonyl (C=O) groups excluding carboxylic acids is 1. The van der Waals surface area contributed by atoms with Gasteiger partial charge in [-0.05, 0) is 26.8 Å². The number of rotatable bonds is 3. The predicted molar refractivity (Wildman–Crippen MR) is 54.9 cm³/mol. The lowest BCUT2D eigenvalue weighted by Gasteiger charge is -2.18. The summed E-state index contributed by atoms with van der Waals surface area (Å²) in [6.07, 6.45) is 1.35. The molecule has 0 unspecified atom stereocenters. The fourth-order valence-electron chi connectivity index (χ4n) is 0.946. The van der Waals surface area contributed by atoms with E-state index in [9.17, 15) is 4.79 Å². The van der Waals surface area contributed by atoms with E-state index in [1.54, 1.807) is 6.07 Å². The first-order chi connectivity index (χ1) is 6.92. The van der Waals surface area contributed by atoms with E-state index >= 15 is 0 Å². The third-order valence-corrected chi connectivity index (χ3v) is 1.69. The largest absolute Gasteiger partial charge is 0.466 e. The van der Waals surface area contributed by atoms with Crippen molar-refractivity contribution in [2.24, 2.45) is 5.84 Å². The number of hydrazine groups is 1. The minimum Gasteiger partial charge on any atom is -0.466 e. The van der Waals surface area contributed by atoms with Gasteiger partial charge in [-0.15, -0.1) is 0 Å². The van der Waals surface area contributed by atoms with Crippen molar-refractivity contribution in [3.63, 3.8) is 0 Å². The van der Waals surface area contributed by atoms with E-state index in [1.165, 1.54) is 6.26 Å². The number of carbonyl (C=O) groups is 1. The van der Waals surface area contributed by atoms with E-state index < -0.39 is 0 Å².